The second-order valence-corrected chi connectivity index (χ2v) is 4.54. The molecule has 0 aliphatic carbocycles. The van der Waals surface area contributed by atoms with E-state index in [2.05, 4.69) is 23.7 Å². The van der Waals surface area contributed by atoms with E-state index in [4.69, 9.17) is 16.3 Å². The molecular formula is C14H23ClN2O. The molecule has 1 rings (SSSR count). The molecule has 0 aliphatic rings. The summed E-state index contributed by atoms with van der Waals surface area (Å²) in [6.45, 7) is 5.97. The second kappa shape index (κ2) is 8.33. The van der Waals surface area contributed by atoms with Crippen LogP contribution in [0.15, 0.2) is 18.3 Å². The van der Waals surface area contributed by atoms with Crippen molar-refractivity contribution in [3.8, 4) is 0 Å². The number of hydrogen-bond donors (Lipinski definition) is 0. The number of methoxy groups -OCH3 is 1. The predicted molar refractivity (Wildman–Crippen MR) is 77.4 cm³/mol. The van der Waals surface area contributed by atoms with Crippen LogP contribution >= 0.6 is 11.6 Å². The molecule has 0 saturated carbocycles. The molecule has 1 aromatic heterocycles. The number of pyridine rings is 1. The number of anilines is 1. The van der Waals surface area contributed by atoms with Gasteiger partial charge in [-0.1, -0.05) is 19.9 Å². The van der Waals surface area contributed by atoms with Gasteiger partial charge in [-0.15, -0.1) is 11.6 Å². The summed E-state index contributed by atoms with van der Waals surface area (Å²) in [5, 5.41) is 0. The Morgan fingerprint density at radius 3 is 2.67 bits per heavy atom. The van der Waals surface area contributed by atoms with Gasteiger partial charge in [-0.2, -0.15) is 0 Å². The second-order valence-electron chi connectivity index (χ2n) is 4.28. The number of alkyl halides is 1. The molecule has 0 spiro atoms. The van der Waals surface area contributed by atoms with Crippen LogP contribution in [0, 0.1) is 0 Å². The van der Waals surface area contributed by atoms with E-state index >= 15 is 0 Å². The van der Waals surface area contributed by atoms with E-state index in [9.17, 15) is 0 Å². The smallest absolute Gasteiger partial charge is 0.133 e. The van der Waals surface area contributed by atoms with E-state index < -0.39 is 0 Å². The van der Waals surface area contributed by atoms with Gasteiger partial charge in [0.05, 0.1) is 12.5 Å². The monoisotopic (exact) mass is 270 g/mol. The summed E-state index contributed by atoms with van der Waals surface area (Å²) in [4.78, 5) is 6.83. The lowest BCUT2D eigenvalue weighted by molar-refractivity contribution is 0.202. The Morgan fingerprint density at radius 2 is 2.11 bits per heavy atom. The summed E-state index contributed by atoms with van der Waals surface area (Å²) >= 11 is 6.00. The van der Waals surface area contributed by atoms with Crippen LogP contribution in [0.1, 0.15) is 32.3 Å². The third-order valence-corrected chi connectivity index (χ3v) is 3.49. The lowest BCUT2D eigenvalue weighted by atomic mass is 10.1. The van der Waals surface area contributed by atoms with E-state index in [1.54, 1.807) is 7.11 Å². The van der Waals surface area contributed by atoms with Crippen LogP contribution in [0.2, 0.25) is 0 Å². The third kappa shape index (κ3) is 3.85. The van der Waals surface area contributed by atoms with Crippen molar-refractivity contribution in [2.24, 2.45) is 0 Å². The minimum atomic E-state index is 0.483. The molecule has 0 fully saturated rings. The first-order valence-corrected chi connectivity index (χ1v) is 7.07. The van der Waals surface area contributed by atoms with Crippen molar-refractivity contribution >= 4 is 17.4 Å². The van der Waals surface area contributed by atoms with Crippen LogP contribution in [0.25, 0.3) is 0 Å². The SMILES string of the molecule is CCC(CC)N(CCOC)c1ncccc1CCl. The molecule has 0 unspecified atom stereocenters. The fourth-order valence-electron chi connectivity index (χ4n) is 2.17. The first-order chi connectivity index (χ1) is 8.78. The van der Waals surface area contributed by atoms with Crippen LogP contribution in [0.4, 0.5) is 5.82 Å². The molecule has 4 heteroatoms. The fraction of sp³-hybridized carbons (Fsp3) is 0.643. The highest BCUT2D eigenvalue weighted by atomic mass is 35.5. The van der Waals surface area contributed by atoms with Gasteiger partial charge in [-0.25, -0.2) is 4.98 Å². The number of ether oxygens (including phenoxy) is 1. The standard InChI is InChI=1S/C14H23ClN2O/c1-4-13(5-2)17(9-10-18-3)14-12(11-15)7-6-8-16-14/h6-8,13H,4-5,9-11H2,1-3H3. The maximum Gasteiger partial charge on any atom is 0.133 e. The minimum Gasteiger partial charge on any atom is -0.383 e. The average Bonchev–Trinajstić information content (AvgIpc) is 2.43. The Balaban J connectivity index is 2.99. The van der Waals surface area contributed by atoms with Crippen LogP contribution in [0.3, 0.4) is 0 Å². The molecule has 0 aromatic carbocycles. The van der Waals surface area contributed by atoms with E-state index in [0.717, 1.165) is 30.8 Å². The third-order valence-electron chi connectivity index (χ3n) is 3.20. The van der Waals surface area contributed by atoms with E-state index in [1.165, 1.54) is 0 Å². The van der Waals surface area contributed by atoms with Crippen molar-refractivity contribution < 1.29 is 4.74 Å². The largest absolute Gasteiger partial charge is 0.383 e. The lowest BCUT2D eigenvalue weighted by Gasteiger charge is -2.32. The zero-order valence-corrected chi connectivity index (χ0v) is 12.3. The van der Waals surface area contributed by atoms with Gasteiger partial charge in [0.15, 0.2) is 0 Å². The predicted octanol–water partition coefficient (Wildman–Crippen LogP) is 3.46. The molecule has 0 radical (unpaired) electrons. The summed E-state index contributed by atoms with van der Waals surface area (Å²) in [6, 6.07) is 4.46. The number of hydrogen-bond acceptors (Lipinski definition) is 3. The van der Waals surface area contributed by atoms with Crippen LogP contribution in [-0.4, -0.2) is 31.3 Å². The molecular weight excluding hydrogens is 248 g/mol. The maximum absolute atomic E-state index is 6.00. The normalized spacial score (nSPS) is 10.9. The fourth-order valence-corrected chi connectivity index (χ4v) is 2.38. The Bertz CT molecular complexity index is 342. The first-order valence-electron chi connectivity index (χ1n) is 6.53. The van der Waals surface area contributed by atoms with Gasteiger partial charge in [0.1, 0.15) is 5.82 Å². The summed E-state index contributed by atoms with van der Waals surface area (Å²) < 4.78 is 5.20. The first kappa shape index (κ1) is 15.3. The van der Waals surface area contributed by atoms with Crippen LogP contribution in [-0.2, 0) is 10.6 Å². The Morgan fingerprint density at radius 1 is 1.39 bits per heavy atom. The van der Waals surface area contributed by atoms with Crippen LogP contribution in [0.5, 0.6) is 0 Å². The average molecular weight is 271 g/mol. The quantitative estimate of drug-likeness (QED) is 0.677. The van der Waals surface area contributed by atoms with Crippen molar-refractivity contribution in [2.45, 2.75) is 38.6 Å². The molecule has 0 N–H and O–H groups in total. The minimum absolute atomic E-state index is 0.483. The Labute approximate surface area is 115 Å². The molecule has 0 saturated heterocycles. The van der Waals surface area contributed by atoms with Crippen molar-refractivity contribution in [1.82, 2.24) is 4.98 Å². The molecule has 0 amide bonds. The topological polar surface area (TPSA) is 25.4 Å². The summed E-state index contributed by atoms with van der Waals surface area (Å²) in [6.07, 6.45) is 4.02. The van der Waals surface area contributed by atoms with E-state index in [0.29, 0.717) is 18.5 Å². The van der Waals surface area contributed by atoms with Crippen LogP contribution < -0.4 is 4.90 Å². The molecule has 0 atom stereocenters. The highest BCUT2D eigenvalue weighted by Gasteiger charge is 2.18. The van der Waals surface area contributed by atoms with Gasteiger partial charge in [-0.3, -0.25) is 0 Å². The number of rotatable bonds is 8. The highest BCUT2D eigenvalue weighted by molar-refractivity contribution is 6.17. The Kier molecular flexibility index (Phi) is 7.06. The number of halogens is 1. The van der Waals surface area contributed by atoms with Gasteiger partial charge in [0.2, 0.25) is 0 Å². The van der Waals surface area contributed by atoms with E-state index in [-0.39, 0.29) is 0 Å². The van der Waals surface area contributed by atoms with Crippen molar-refractivity contribution in [2.75, 3.05) is 25.2 Å². The Hall–Kier alpha value is -0.800. The van der Waals surface area contributed by atoms with Gasteiger partial charge in [0.25, 0.3) is 0 Å². The molecule has 102 valence electrons. The maximum atomic E-state index is 6.00. The summed E-state index contributed by atoms with van der Waals surface area (Å²) in [5.74, 6) is 1.49. The van der Waals surface area contributed by atoms with Gasteiger partial charge in [-0.05, 0) is 18.9 Å². The molecule has 1 aromatic rings. The summed E-state index contributed by atoms with van der Waals surface area (Å²) in [5.41, 5.74) is 1.09. The number of nitrogens with zero attached hydrogens (tertiary/aromatic N) is 2. The zero-order valence-electron chi connectivity index (χ0n) is 11.5. The molecule has 1 heterocycles. The van der Waals surface area contributed by atoms with Gasteiger partial charge in [0, 0.05) is 31.5 Å². The number of aromatic nitrogens is 1. The lowest BCUT2D eigenvalue weighted by Crippen LogP contribution is -2.38. The summed E-state index contributed by atoms with van der Waals surface area (Å²) in [7, 11) is 1.73. The van der Waals surface area contributed by atoms with Gasteiger partial charge < -0.3 is 9.64 Å². The van der Waals surface area contributed by atoms with Crippen molar-refractivity contribution in [3.05, 3.63) is 23.9 Å². The molecule has 3 nitrogen and oxygen atoms in total. The van der Waals surface area contributed by atoms with E-state index in [1.807, 2.05) is 18.3 Å². The van der Waals surface area contributed by atoms with Gasteiger partial charge >= 0.3 is 0 Å². The molecule has 0 bridgehead atoms. The highest BCUT2D eigenvalue weighted by Crippen LogP contribution is 2.23. The molecule has 0 aliphatic heterocycles. The molecule has 18 heavy (non-hydrogen) atoms. The van der Waals surface area contributed by atoms with Crippen molar-refractivity contribution in [3.63, 3.8) is 0 Å². The van der Waals surface area contributed by atoms with Crippen molar-refractivity contribution in [1.29, 1.82) is 0 Å². The zero-order chi connectivity index (χ0) is 13.4.